The number of carboxylic acids is 2. The minimum Gasteiger partial charge on any atom is -0.494 e. The highest BCUT2D eigenvalue weighted by Gasteiger charge is 2.39. The molecule has 0 aromatic heterocycles. The summed E-state index contributed by atoms with van der Waals surface area (Å²) in [4.78, 5) is 67.8. The number of nitrogens with zero attached hydrogens (tertiary/aromatic N) is 1. The summed E-state index contributed by atoms with van der Waals surface area (Å²) in [7, 11) is -1.77. The van der Waals surface area contributed by atoms with E-state index in [4.69, 9.17) is 76.7 Å². The molecule has 2 unspecified atom stereocenters. The molecule has 1 aliphatic carbocycles. The molecule has 4 rings (SSSR count). The van der Waals surface area contributed by atoms with Crippen molar-refractivity contribution in [3.05, 3.63) is 72.7 Å². The van der Waals surface area contributed by atoms with Crippen molar-refractivity contribution in [1.82, 2.24) is 0 Å². The van der Waals surface area contributed by atoms with Gasteiger partial charge in [0, 0.05) is 29.0 Å². The summed E-state index contributed by atoms with van der Waals surface area (Å²) >= 11 is 23.5. The maximum atomic E-state index is 12.7. The van der Waals surface area contributed by atoms with Crippen molar-refractivity contribution in [3.63, 3.8) is 0 Å². The van der Waals surface area contributed by atoms with Gasteiger partial charge < -0.3 is 30.3 Å². The fourth-order valence-electron chi connectivity index (χ4n) is 4.58. The van der Waals surface area contributed by atoms with E-state index in [1.807, 2.05) is 0 Å². The summed E-state index contributed by atoms with van der Waals surface area (Å²) in [6.45, 7) is 3.06. The first-order valence-corrected chi connectivity index (χ1v) is 18.6. The second-order valence-corrected chi connectivity index (χ2v) is 15.0. The molecule has 0 fully saturated rings. The molecule has 5 N–H and O–H groups in total. The van der Waals surface area contributed by atoms with Crippen LogP contribution in [0.5, 0.6) is 5.75 Å². The van der Waals surface area contributed by atoms with Crippen LogP contribution in [0.2, 0.25) is 15.1 Å². The summed E-state index contributed by atoms with van der Waals surface area (Å²) in [6, 6.07) is 6.60. The number of rotatable bonds is 10. The van der Waals surface area contributed by atoms with Crippen molar-refractivity contribution in [3.8, 4) is 5.75 Å². The van der Waals surface area contributed by atoms with Gasteiger partial charge in [-0.1, -0.05) is 46.4 Å². The summed E-state index contributed by atoms with van der Waals surface area (Å²) in [5.41, 5.74) is 7.02. The predicted molar refractivity (Wildman–Crippen MR) is 191 cm³/mol. The molecule has 0 saturated carbocycles. The monoisotopic (exact) mass is 794 g/mol. The Morgan fingerprint density at radius 2 is 1.54 bits per heavy atom. The number of nitrogens with two attached hydrogens (primary N) is 1. The highest BCUT2D eigenvalue weighted by molar-refractivity contribution is 7.57. The van der Waals surface area contributed by atoms with Crippen LogP contribution in [0.15, 0.2) is 46.5 Å². The number of carboxylic acid groups (broad SMARTS) is 2. The Hall–Kier alpha value is -3.42. The van der Waals surface area contributed by atoms with Crippen LogP contribution in [0.4, 0.5) is 5.69 Å². The minimum absolute atomic E-state index is 0.0412. The summed E-state index contributed by atoms with van der Waals surface area (Å²) < 4.78 is 20.3. The lowest BCUT2D eigenvalue weighted by atomic mass is 9.93. The molecular weight excluding hydrogens is 761 g/mol. The maximum Gasteiger partial charge on any atom is 0.349 e. The second kappa shape index (κ2) is 19.3. The fraction of sp³-hybridized carbons (Fsp3) is 0.344. The van der Waals surface area contributed by atoms with Crippen LogP contribution in [-0.2, 0) is 28.5 Å². The first kappa shape index (κ1) is 42.7. The van der Waals surface area contributed by atoms with Gasteiger partial charge in [-0.25, -0.2) is 14.5 Å². The molecule has 18 heteroatoms. The molecule has 2 amide bonds. The number of halogens is 4. The van der Waals surface area contributed by atoms with E-state index in [1.165, 1.54) is 36.9 Å². The molecule has 50 heavy (non-hydrogen) atoms. The van der Waals surface area contributed by atoms with E-state index in [-0.39, 0.29) is 57.4 Å². The summed E-state index contributed by atoms with van der Waals surface area (Å²) in [5.74, 6) is -3.44. The number of carbonyl (C=O) groups excluding carboxylic acids is 3. The number of aromatic carboxylic acids is 1. The van der Waals surface area contributed by atoms with Gasteiger partial charge in [0.2, 0.25) is 0 Å². The lowest BCUT2D eigenvalue weighted by Crippen LogP contribution is -2.31. The van der Waals surface area contributed by atoms with E-state index >= 15 is 0 Å². The molecule has 2 atom stereocenters. The number of amides is 2. The molecule has 1 aliphatic heterocycles. The Balaban J connectivity index is 0.000000302. The Morgan fingerprint density at radius 3 is 2.00 bits per heavy atom. The largest absolute Gasteiger partial charge is 0.494 e. The van der Waals surface area contributed by atoms with E-state index in [9.17, 15) is 28.5 Å². The number of anilines is 1. The van der Waals surface area contributed by atoms with Gasteiger partial charge in [-0.15, -0.1) is 0 Å². The van der Waals surface area contributed by atoms with Gasteiger partial charge in [0.1, 0.15) is 16.6 Å². The van der Waals surface area contributed by atoms with Gasteiger partial charge in [-0.2, -0.15) is 0 Å². The van der Waals surface area contributed by atoms with Crippen LogP contribution in [-0.4, -0.2) is 77.4 Å². The molecule has 2 aromatic rings. The Bertz CT molecular complexity index is 1730. The SMILES string of the molecule is CCOC(=O)/C(Cl)=C/c1cc(N2C(=O)C3=C(CCCC3)C2=O)ccc1Cl.COc1c(Cl)ccc(Cl)c1C(=O)O.CP(=O)(O)CCC(N)C(=O)O. The molecule has 0 saturated heterocycles. The normalized spacial score (nSPS) is 15.9. The van der Waals surface area contributed by atoms with E-state index < -0.39 is 31.3 Å². The number of carbonyl (C=O) groups is 5. The van der Waals surface area contributed by atoms with Crippen LogP contribution in [0, 0.1) is 0 Å². The first-order valence-electron chi connectivity index (χ1n) is 14.8. The molecule has 0 bridgehead atoms. The van der Waals surface area contributed by atoms with Crippen molar-refractivity contribution in [2.75, 3.05) is 31.4 Å². The zero-order valence-electron chi connectivity index (χ0n) is 27.1. The standard InChI is InChI=1S/C19H17Cl2NO4.C8H6Cl2O3.C5H12NO4P/c1-2-26-19(25)16(21)10-11-9-12(7-8-15(11)20)22-17(23)13-5-3-4-6-14(13)18(22)24;1-13-7-5(10)3-2-4(9)6(7)8(11)12;1-11(9,10)3-2-4(6)5(7)8/h7-10H,2-6H2,1H3;2-3H,1H3,(H,11,12);4H,2-3,6H2,1H3,(H,7,8)(H,9,10)/b16-10-;;. The van der Waals surface area contributed by atoms with Crippen LogP contribution in [0.25, 0.3) is 6.08 Å². The zero-order valence-corrected chi connectivity index (χ0v) is 31.0. The quantitative estimate of drug-likeness (QED) is 0.0866. The smallest absolute Gasteiger partial charge is 0.349 e. The third-order valence-corrected chi connectivity index (χ3v) is 9.34. The van der Waals surface area contributed by atoms with Gasteiger partial charge >= 0.3 is 17.9 Å². The average Bonchev–Trinajstić information content (AvgIpc) is 3.31. The third-order valence-electron chi connectivity index (χ3n) is 7.03. The van der Waals surface area contributed by atoms with Crippen molar-refractivity contribution < 1.29 is 53.1 Å². The second-order valence-electron chi connectivity index (χ2n) is 10.8. The van der Waals surface area contributed by atoms with Crippen LogP contribution >= 0.6 is 53.8 Å². The van der Waals surface area contributed by atoms with Gasteiger partial charge in [0.15, 0.2) is 13.1 Å². The molecule has 2 aromatic carbocycles. The van der Waals surface area contributed by atoms with Gasteiger partial charge in [0.05, 0.1) is 29.4 Å². The van der Waals surface area contributed by atoms with E-state index in [0.717, 1.165) is 12.8 Å². The van der Waals surface area contributed by atoms with Crippen molar-refractivity contribution in [2.24, 2.45) is 5.73 Å². The molecule has 2 aliphatic rings. The van der Waals surface area contributed by atoms with Crippen molar-refractivity contribution in [1.29, 1.82) is 0 Å². The number of hydrogen-bond acceptors (Lipinski definition) is 9. The highest BCUT2D eigenvalue weighted by Crippen LogP contribution is 2.38. The lowest BCUT2D eigenvalue weighted by Gasteiger charge is -2.16. The number of esters is 1. The minimum atomic E-state index is -3.10. The maximum absolute atomic E-state index is 12.7. The number of aliphatic carboxylic acids is 1. The number of hydrogen-bond donors (Lipinski definition) is 4. The molecule has 1 heterocycles. The average molecular weight is 796 g/mol. The summed E-state index contributed by atoms with van der Waals surface area (Å²) in [6.07, 6.45) is 4.45. The van der Waals surface area contributed by atoms with E-state index in [1.54, 1.807) is 25.1 Å². The number of ether oxygens (including phenoxy) is 2. The topological polar surface area (TPSA) is 211 Å². The molecular formula is C32H35Cl4N2O11P. The Labute approximate surface area is 308 Å². The van der Waals surface area contributed by atoms with E-state index in [2.05, 4.69) is 0 Å². The number of benzene rings is 2. The fourth-order valence-corrected chi connectivity index (χ4v) is 6.15. The lowest BCUT2D eigenvalue weighted by molar-refractivity contribution is -0.139. The number of methoxy groups -OCH3 is 1. The number of imide groups is 1. The van der Waals surface area contributed by atoms with Gasteiger partial charge in [-0.3, -0.25) is 18.9 Å². The predicted octanol–water partition coefficient (Wildman–Crippen LogP) is 6.62. The summed E-state index contributed by atoms with van der Waals surface area (Å²) in [5, 5.41) is 17.6. The van der Waals surface area contributed by atoms with E-state index in [0.29, 0.717) is 40.3 Å². The molecule has 0 radical (unpaired) electrons. The Morgan fingerprint density at radius 1 is 1.00 bits per heavy atom. The van der Waals surface area contributed by atoms with Crippen molar-refractivity contribution >= 4 is 95.3 Å². The van der Waals surface area contributed by atoms with Crippen LogP contribution in [0.3, 0.4) is 0 Å². The van der Waals surface area contributed by atoms with Crippen LogP contribution < -0.4 is 15.4 Å². The van der Waals surface area contributed by atoms with Crippen molar-refractivity contribution in [2.45, 2.75) is 45.1 Å². The first-order chi connectivity index (χ1) is 23.3. The van der Waals surface area contributed by atoms with Crippen LogP contribution in [0.1, 0.15) is 54.9 Å². The highest BCUT2D eigenvalue weighted by atomic mass is 35.5. The van der Waals surface area contributed by atoms with Gasteiger partial charge in [-0.05, 0) is 81.0 Å². The third kappa shape index (κ3) is 11.8. The Kier molecular flexibility index (Phi) is 16.5. The molecule has 272 valence electrons. The molecule has 0 spiro atoms. The molecule has 13 nitrogen and oxygen atoms in total. The van der Waals surface area contributed by atoms with Gasteiger partial charge in [0.25, 0.3) is 11.8 Å². The zero-order chi connectivity index (χ0) is 37.9.